The molecule has 17 heavy (non-hydrogen) atoms. The molecule has 0 spiro atoms. The minimum atomic E-state index is 0.288. The molecule has 0 aliphatic heterocycles. The largest absolute Gasteiger partial charge is 0.396 e. The predicted octanol–water partition coefficient (Wildman–Crippen LogP) is 3.20. The van der Waals surface area contributed by atoms with Crippen LogP contribution < -0.4 is 5.32 Å². The van der Waals surface area contributed by atoms with E-state index < -0.39 is 0 Å². The number of hydrogen-bond acceptors (Lipinski definition) is 2. The van der Waals surface area contributed by atoms with Crippen molar-refractivity contribution in [1.29, 1.82) is 0 Å². The minimum Gasteiger partial charge on any atom is -0.396 e. The molecule has 0 radical (unpaired) electrons. The van der Waals surface area contributed by atoms with Gasteiger partial charge in [0.1, 0.15) is 0 Å². The van der Waals surface area contributed by atoms with E-state index in [9.17, 15) is 0 Å². The second kappa shape index (κ2) is 7.38. The van der Waals surface area contributed by atoms with E-state index in [-0.39, 0.29) is 6.61 Å². The summed E-state index contributed by atoms with van der Waals surface area (Å²) in [7, 11) is 0. The molecule has 2 nitrogen and oxygen atoms in total. The highest BCUT2D eigenvalue weighted by Crippen LogP contribution is 2.29. The van der Waals surface area contributed by atoms with Crippen LogP contribution in [-0.2, 0) is 0 Å². The standard InChI is InChI=1S/C15H31NO/c1-11(2)8-14-6-5-7-15(9-14)16-13(4)12(3)10-17/h11-17H,5-10H2,1-4H3. The maximum atomic E-state index is 9.17. The SMILES string of the molecule is CC(C)CC1CCCC(NC(C)C(C)CO)C1. The molecule has 0 saturated heterocycles. The molecule has 1 fully saturated rings. The summed E-state index contributed by atoms with van der Waals surface area (Å²) < 4.78 is 0. The van der Waals surface area contributed by atoms with Crippen LogP contribution >= 0.6 is 0 Å². The fourth-order valence-corrected chi connectivity index (χ4v) is 3.02. The van der Waals surface area contributed by atoms with Crippen molar-refractivity contribution in [2.45, 2.75) is 71.9 Å². The molecule has 1 rings (SSSR count). The fraction of sp³-hybridized carbons (Fsp3) is 1.00. The van der Waals surface area contributed by atoms with Crippen LogP contribution in [0.1, 0.15) is 59.8 Å². The van der Waals surface area contributed by atoms with Crippen LogP contribution in [0.15, 0.2) is 0 Å². The van der Waals surface area contributed by atoms with Gasteiger partial charge in [-0.3, -0.25) is 0 Å². The van der Waals surface area contributed by atoms with Gasteiger partial charge in [0.2, 0.25) is 0 Å². The summed E-state index contributed by atoms with van der Waals surface area (Å²) in [5, 5.41) is 12.9. The fourth-order valence-electron chi connectivity index (χ4n) is 3.02. The van der Waals surface area contributed by atoms with E-state index in [1.54, 1.807) is 0 Å². The van der Waals surface area contributed by atoms with E-state index in [1.165, 1.54) is 32.1 Å². The van der Waals surface area contributed by atoms with E-state index in [1.807, 2.05) is 0 Å². The zero-order valence-corrected chi connectivity index (χ0v) is 12.1. The quantitative estimate of drug-likeness (QED) is 0.748. The monoisotopic (exact) mass is 241 g/mol. The molecule has 1 aliphatic carbocycles. The molecule has 0 aromatic heterocycles. The Bertz CT molecular complexity index is 205. The van der Waals surface area contributed by atoms with Gasteiger partial charge in [0.05, 0.1) is 0 Å². The molecule has 102 valence electrons. The molecule has 0 amide bonds. The maximum Gasteiger partial charge on any atom is 0.0471 e. The Hall–Kier alpha value is -0.0800. The van der Waals surface area contributed by atoms with Crippen LogP contribution in [0.5, 0.6) is 0 Å². The van der Waals surface area contributed by atoms with Gasteiger partial charge in [-0.2, -0.15) is 0 Å². The highest BCUT2D eigenvalue weighted by Gasteiger charge is 2.24. The van der Waals surface area contributed by atoms with Crippen molar-refractivity contribution in [2.75, 3.05) is 6.61 Å². The van der Waals surface area contributed by atoms with Gasteiger partial charge in [-0.1, -0.05) is 33.6 Å². The van der Waals surface area contributed by atoms with Crippen LogP contribution in [0.4, 0.5) is 0 Å². The Balaban J connectivity index is 2.33. The summed E-state index contributed by atoms with van der Waals surface area (Å²) in [6, 6.07) is 1.11. The van der Waals surface area contributed by atoms with E-state index in [0.717, 1.165) is 11.8 Å². The number of rotatable bonds is 6. The van der Waals surface area contributed by atoms with Crippen molar-refractivity contribution in [3.63, 3.8) is 0 Å². The van der Waals surface area contributed by atoms with E-state index in [4.69, 9.17) is 5.11 Å². The summed E-state index contributed by atoms with van der Waals surface area (Å²) in [4.78, 5) is 0. The van der Waals surface area contributed by atoms with Gasteiger partial charge in [-0.25, -0.2) is 0 Å². The Morgan fingerprint density at radius 1 is 1.18 bits per heavy atom. The molecule has 1 saturated carbocycles. The molecular weight excluding hydrogens is 210 g/mol. The number of aliphatic hydroxyl groups excluding tert-OH is 1. The van der Waals surface area contributed by atoms with E-state index >= 15 is 0 Å². The molecule has 0 heterocycles. The Labute approximate surface area is 107 Å². The molecule has 0 aromatic carbocycles. The van der Waals surface area contributed by atoms with E-state index in [2.05, 4.69) is 33.0 Å². The summed E-state index contributed by atoms with van der Waals surface area (Å²) >= 11 is 0. The third kappa shape index (κ3) is 5.39. The van der Waals surface area contributed by atoms with Gasteiger partial charge in [-0.05, 0) is 43.9 Å². The molecule has 4 atom stereocenters. The molecule has 0 bridgehead atoms. The first-order valence-electron chi connectivity index (χ1n) is 7.39. The molecule has 1 aliphatic rings. The smallest absolute Gasteiger partial charge is 0.0471 e. The Morgan fingerprint density at radius 2 is 1.88 bits per heavy atom. The Kier molecular flexibility index (Phi) is 6.50. The average Bonchev–Trinajstić information content (AvgIpc) is 2.27. The van der Waals surface area contributed by atoms with Crippen LogP contribution in [0.2, 0.25) is 0 Å². The van der Waals surface area contributed by atoms with Crippen LogP contribution in [0.3, 0.4) is 0 Å². The second-order valence-corrected chi connectivity index (χ2v) is 6.47. The highest BCUT2D eigenvalue weighted by atomic mass is 16.3. The van der Waals surface area contributed by atoms with Gasteiger partial charge in [-0.15, -0.1) is 0 Å². The van der Waals surface area contributed by atoms with Gasteiger partial charge in [0, 0.05) is 18.7 Å². The van der Waals surface area contributed by atoms with Gasteiger partial charge in [0.25, 0.3) is 0 Å². The first-order chi connectivity index (χ1) is 8.02. The third-order valence-electron chi connectivity index (χ3n) is 4.23. The van der Waals surface area contributed by atoms with Crippen molar-refractivity contribution in [3.8, 4) is 0 Å². The van der Waals surface area contributed by atoms with Crippen molar-refractivity contribution in [3.05, 3.63) is 0 Å². The van der Waals surface area contributed by atoms with Crippen molar-refractivity contribution in [2.24, 2.45) is 17.8 Å². The lowest BCUT2D eigenvalue weighted by Crippen LogP contribution is -2.43. The summed E-state index contributed by atoms with van der Waals surface area (Å²) in [6.45, 7) is 9.26. The Morgan fingerprint density at radius 3 is 2.47 bits per heavy atom. The lowest BCUT2D eigenvalue weighted by Gasteiger charge is -2.34. The molecule has 2 heteroatoms. The number of hydrogen-bond donors (Lipinski definition) is 2. The summed E-state index contributed by atoms with van der Waals surface area (Å²) in [6.07, 6.45) is 6.81. The summed E-state index contributed by atoms with van der Waals surface area (Å²) in [5.74, 6) is 2.10. The third-order valence-corrected chi connectivity index (χ3v) is 4.23. The van der Waals surface area contributed by atoms with Crippen LogP contribution in [0, 0.1) is 17.8 Å². The predicted molar refractivity (Wildman–Crippen MR) is 74.0 cm³/mol. The molecule has 2 N–H and O–H groups in total. The van der Waals surface area contributed by atoms with Crippen molar-refractivity contribution < 1.29 is 5.11 Å². The summed E-state index contributed by atoms with van der Waals surface area (Å²) in [5.41, 5.74) is 0. The molecule has 0 aromatic rings. The maximum absolute atomic E-state index is 9.17. The zero-order valence-electron chi connectivity index (χ0n) is 12.1. The van der Waals surface area contributed by atoms with Gasteiger partial charge in [0.15, 0.2) is 0 Å². The van der Waals surface area contributed by atoms with Gasteiger partial charge >= 0.3 is 0 Å². The normalized spacial score (nSPS) is 29.3. The topological polar surface area (TPSA) is 32.3 Å². The van der Waals surface area contributed by atoms with Crippen molar-refractivity contribution in [1.82, 2.24) is 5.32 Å². The number of aliphatic hydroxyl groups is 1. The first kappa shape index (κ1) is 15.0. The second-order valence-electron chi connectivity index (χ2n) is 6.47. The lowest BCUT2D eigenvalue weighted by molar-refractivity contribution is 0.181. The zero-order chi connectivity index (χ0) is 12.8. The first-order valence-corrected chi connectivity index (χ1v) is 7.39. The molecule has 4 unspecified atom stereocenters. The lowest BCUT2D eigenvalue weighted by atomic mass is 9.80. The highest BCUT2D eigenvalue weighted by molar-refractivity contribution is 4.81. The molecular formula is C15H31NO. The van der Waals surface area contributed by atoms with Crippen LogP contribution in [0.25, 0.3) is 0 Å². The van der Waals surface area contributed by atoms with Crippen molar-refractivity contribution >= 4 is 0 Å². The average molecular weight is 241 g/mol. The minimum absolute atomic E-state index is 0.288. The number of nitrogens with one attached hydrogen (secondary N) is 1. The van der Waals surface area contributed by atoms with E-state index in [0.29, 0.717) is 18.0 Å². The van der Waals surface area contributed by atoms with Crippen LogP contribution in [-0.4, -0.2) is 23.8 Å². The van der Waals surface area contributed by atoms with Gasteiger partial charge < -0.3 is 10.4 Å².